The van der Waals surface area contributed by atoms with Crippen LogP contribution in [0.15, 0.2) is 0 Å². The molecule has 0 fully saturated rings. The van der Waals surface area contributed by atoms with E-state index >= 15 is 0 Å². The Labute approximate surface area is 110 Å². The highest BCUT2D eigenvalue weighted by Crippen LogP contribution is 2.11. The van der Waals surface area contributed by atoms with Crippen molar-refractivity contribution in [2.75, 3.05) is 13.6 Å². The molecule has 5 heteroatoms. The second-order valence-electron chi connectivity index (χ2n) is 4.96. The molecule has 0 aromatic carbocycles. The summed E-state index contributed by atoms with van der Waals surface area (Å²) in [5, 5.41) is 11.7. The fourth-order valence-electron chi connectivity index (χ4n) is 1.93. The molecular formula is C13H26N2O3. The predicted molar refractivity (Wildman–Crippen MR) is 71.5 cm³/mol. The summed E-state index contributed by atoms with van der Waals surface area (Å²) in [7, 11) is 1.75. The number of hydrogen-bond donors (Lipinski definition) is 2. The van der Waals surface area contributed by atoms with Gasteiger partial charge in [-0.05, 0) is 18.8 Å². The van der Waals surface area contributed by atoms with E-state index in [0.717, 1.165) is 12.8 Å². The molecule has 2 N–H and O–H groups in total. The molecule has 0 radical (unpaired) electrons. The number of carbonyl (C=O) groups excluding carboxylic acids is 1. The molecule has 18 heavy (non-hydrogen) atoms. The summed E-state index contributed by atoms with van der Waals surface area (Å²) in [6.07, 6.45) is 1.79. The number of carboxylic acid groups (broad SMARTS) is 1. The second kappa shape index (κ2) is 7.95. The lowest BCUT2D eigenvalue weighted by Gasteiger charge is -2.27. The molecule has 0 bridgehead atoms. The topological polar surface area (TPSA) is 69.6 Å². The van der Waals surface area contributed by atoms with Crippen LogP contribution in [0.4, 0.5) is 4.79 Å². The summed E-state index contributed by atoms with van der Waals surface area (Å²) in [6.45, 7) is 7.93. The van der Waals surface area contributed by atoms with Gasteiger partial charge in [-0.15, -0.1) is 0 Å². The molecule has 0 aromatic rings. The normalized spacial score (nSPS) is 12.6. The smallest absolute Gasteiger partial charge is 0.317 e. The van der Waals surface area contributed by atoms with Crippen LogP contribution < -0.4 is 5.32 Å². The van der Waals surface area contributed by atoms with Crippen molar-refractivity contribution >= 4 is 12.0 Å². The number of carbonyl (C=O) groups is 2. The molecule has 0 rings (SSSR count). The largest absolute Gasteiger partial charge is 0.481 e. The zero-order valence-corrected chi connectivity index (χ0v) is 12.1. The Morgan fingerprint density at radius 1 is 1.22 bits per heavy atom. The lowest BCUT2D eigenvalue weighted by Crippen LogP contribution is -2.46. The van der Waals surface area contributed by atoms with Crippen LogP contribution in [0.3, 0.4) is 0 Å². The molecule has 0 aliphatic rings. The van der Waals surface area contributed by atoms with E-state index in [-0.39, 0.29) is 24.5 Å². The maximum absolute atomic E-state index is 11.9. The van der Waals surface area contributed by atoms with Gasteiger partial charge in [-0.2, -0.15) is 0 Å². The Kier molecular flexibility index (Phi) is 7.39. The fraction of sp³-hybridized carbons (Fsp3) is 0.846. The molecule has 2 amide bonds. The van der Waals surface area contributed by atoms with E-state index in [1.54, 1.807) is 11.9 Å². The van der Waals surface area contributed by atoms with Crippen molar-refractivity contribution in [2.24, 2.45) is 11.8 Å². The average molecular weight is 258 g/mol. The first-order chi connectivity index (χ1) is 8.34. The third-order valence-corrected chi connectivity index (χ3v) is 3.41. The van der Waals surface area contributed by atoms with Crippen LogP contribution in [0.25, 0.3) is 0 Å². The van der Waals surface area contributed by atoms with Crippen molar-refractivity contribution in [3.05, 3.63) is 0 Å². The fourth-order valence-corrected chi connectivity index (χ4v) is 1.93. The van der Waals surface area contributed by atoms with Crippen LogP contribution >= 0.6 is 0 Å². The summed E-state index contributed by atoms with van der Waals surface area (Å²) in [5.41, 5.74) is 0. The number of urea groups is 1. The van der Waals surface area contributed by atoms with Crippen molar-refractivity contribution in [1.29, 1.82) is 0 Å². The molecule has 1 unspecified atom stereocenters. The first-order valence-electron chi connectivity index (χ1n) is 6.58. The van der Waals surface area contributed by atoms with Gasteiger partial charge in [0.25, 0.3) is 0 Å². The predicted octanol–water partition coefficient (Wildman–Crippen LogP) is 2.17. The lowest BCUT2D eigenvalue weighted by molar-refractivity contribution is -0.142. The van der Waals surface area contributed by atoms with E-state index in [9.17, 15) is 9.59 Å². The number of hydrogen-bond acceptors (Lipinski definition) is 2. The lowest BCUT2D eigenvalue weighted by atomic mass is 9.96. The Morgan fingerprint density at radius 2 is 1.72 bits per heavy atom. The highest BCUT2D eigenvalue weighted by molar-refractivity contribution is 5.76. The highest BCUT2D eigenvalue weighted by Gasteiger charge is 2.23. The van der Waals surface area contributed by atoms with Crippen molar-refractivity contribution in [1.82, 2.24) is 10.2 Å². The van der Waals surface area contributed by atoms with Gasteiger partial charge in [-0.25, -0.2) is 4.79 Å². The van der Waals surface area contributed by atoms with Crippen molar-refractivity contribution < 1.29 is 14.7 Å². The number of aliphatic carboxylic acids is 1. The molecule has 0 saturated carbocycles. The molecule has 0 aliphatic carbocycles. The molecule has 0 spiro atoms. The van der Waals surface area contributed by atoms with E-state index in [0.29, 0.717) is 0 Å². The minimum atomic E-state index is -0.865. The molecule has 106 valence electrons. The Balaban J connectivity index is 4.35. The minimum Gasteiger partial charge on any atom is -0.481 e. The zero-order valence-electron chi connectivity index (χ0n) is 12.1. The maximum atomic E-state index is 11.9. The van der Waals surface area contributed by atoms with Gasteiger partial charge < -0.3 is 15.3 Å². The molecular weight excluding hydrogens is 232 g/mol. The maximum Gasteiger partial charge on any atom is 0.317 e. The SMILES string of the molecule is CCC(CC)N(C)C(=O)NCC(C(=O)O)C(C)C. The third kappa shape index (κ3) is 4.94. The van der Waals surface area contributed by atoms with Crippen LogP contribution in [-0.4, -0.2) is 41.6 Å². The molecule has 1 atom stereocenters. The highest BCUT2D eigenvalue weighted by atomic mass is 16.4. The second-order valence-corrected chi connectivity index (χ2v) is 4.96. The Hall–Kier alpha value is -1.26. The van der Waals surface area contributed by atoms with Crippen LogP contribution in [0, 0.1) is 11.8 Å². The van der Waals surface area contributed by atoms with Crippen LogP contribution in [-0.2, 0) is 4.79 Å². The van der Waals surface area contributed by atoms with Gasteiger partial charge in [0.1, 0.15) is 0 Å². The minimum absolute atomic E-state index is 0.00116. The summed E-state index contributed by atoms with van der Waals surface area (Å²) >= 11 is 0. The van der Waals surface area contributed by atoms with E-state index in [1.165, 1.54) is 0 Å². The third-order valence-electron chi connectivity index (χ3n) is 3.41. The van der Waals surface area contributed by atoms with Gasteiger partial charge in [-0.3, -0.25) is 4.79 Å². The van der Waals surface area contributed by atoms with Crippen LogP contribution in [0.5, 0.6) is 0 Å². The van der Waals surface area contributed by atoms with Gasteiger partial charge in [-0.1, -0.05) is 27.7 Å². The summed E-state index contributed by atoms with van der Waals surface area (Å²) < 4.78 is 0. The number of amides is 2. The van der Waals surface area contributed by atoms with Gasteiger partial charge in [0.15, 0.2) is 0 Å². The molecule has 0 aliphatic heterocycles. The van der Waals surface area contributed by atoms with E-state index in [4.69, 9.17) is 5.11 Å². The van der Waals surface area contributed by atoms with Gasteiger partial charge >= 0.3 is 12.0 Å². The molecule has 0 saturated heterocycles. The summed E-state index contributed by atoms with van der Waals surface area (Å²) in [5.74, 6) is -1.40. The molecule has 0 aromatic heterocycles. The number of carboxylic acids is 1. The molecule has 0 heterocycles. The Bertz CT molecular complexity index is 275. The van der Waals surface area contributed by atoms with E-state index in [1.807, 2.05) is 27.7 Å². The van der Waals surface area contributed by atoms with Gasteiger partial charge in [0.05, 0.1) is 5.92 Å². The standard InChI is InChI=1S/C13H26N2O3/c1-6-10(7-2)15(5)13(18)14-8-11(9(3)4)12(16)17/h9-11H,6-8H2,1-5H3,(H,14,18)(H,16,17). The van der Waals surface area contributed by atoms with Crippen molar-refractivity contribution in [2.45, 2.75) is 46.6 Å². The zero-order chi connectivity index (χ0) is 14.3. The average Bonchev–Trinajstić information content (AvgIpc) is 2.29. The van der Waals surface area contributed by atoms with Gasteiger partial charge in [0.2, 0.25) is 0 Å². The molecule has 5 nitrogen and oxygen atoms in total. The quantitative estimate of drug-likeness (QED) is 0.735. The van der Waals surface area contributed by atoms with Crippen LogP contribution in [0.2, 0.25) is 0 Å². The van der Waals surface area contributed by atoms with Crippen LogP contribution in [0.1, 0.15) is 40.5 Å². The van der Waals surface area contributed by atoms with Crippen molar-refractivity contribution in [3.63, 3.8) is 0 Å². The number of nitrogens with one attached hydrogen (secondary N) is 1. The first kappa shape index (κ1) is 16.7. The number of rotatable bonds is 7. The van der Waals surface area contributed by atoms with Crippen molar-refractivity contribution in [3.8, 4) is 0 Å². The van der Waals surface area contributed by atoms with E-state index < -0.39 is 11.9 Å². The monoisotopic (exact) mass is 258 g/mol. The van der Waals surface area contributed by atoms with Gasteiger partial charge in [0, 0.05) is 19.6 Å². The Morgan fingerprint density at radius 3 is 2.06 bits per heavy atom. The first-order valence-corrected chi connectivity index (χ1v) is 6.58. The summed E-state index contributed by atoms with van der Waals surface area (Å²) in [6, 6.07) is 0.00271. The van der Waals surface area contributed by atoms with E-state index in [2.05, 4.69) is 5.32 Å². The number of nitrogens with zero attached hydrogens (tertiary/aromatic N) is 1. The summed E-state index contributed by atoms with van der Waals surface area (Å²) in [4.78, 5) is 24.5.